The first-order chi connectivity index (χ1) is 16.9. The van der Waals surface area contributed by atoms with Crippen molar-refractivity contribution in [2.75, 3.05) is 26.6 Å². The van der Waals surface area contributed by atoms with Gasteiger partial charge < -0.3 is 29.4 Å². The zero-order valence-electron chi connectivity index (χ0n) is 19.7. The Bertz CT molecular complexity index is 1340. The molecule has 0 aliphatic heterocycles. The van der Waals surface area contributed by atoms with E-state index in [-0.39, 0.29) is 0 Å². The van der Waals surface area contributed by atoms with Gasteiger partial charge in [-0.15, -0.1) is 0 Å². The Hall–Kier alpha value is -4.53. The van der Waals surface area contributed by atoms with Gasteiger partial charge in [0, 0.05) is 28.9 Å². The van der Waals surface area contributed by atoms with Crippen molar-refractivity contribution in [1.82, 2.24) is 10.5 Å². The Morgan fingerprint density at radius 2 is 1.60 bits per heavy atom. The monoisotopic (exact) mass is 475 g/mol. The second-order valence-corrected chi connectivity index (χ2v) is 7.71. The van der Waals surface area contributed by atoms with E-state index in [0.29, 0.717) is 45.2 Å². The van der Waals surface area contributed by atoms with E-state index in [1.807, 2.05) is 30.3 Å². The van der Waals surface area contributed by atoms with Crippen LogP contribution >= 0.6 is 0 Å². The van der Waals surface area contributed by atoms with Crippen LogP contribution in [-0.4, -0.2) is 44.3 Å². The summed E-state index contributed by atoms with van der Waals surface area (Å²) in [6, 6.07) is 17.0. The fourth-order valence-electron chi connectivity index (χ4n) is 3.63. The van der Waals surface area contributed by atoms with Crippen molar-refractivity contribution in [3.63, 3.8) is 0 Å². The van der Waals surface area contributed by atoms with Gasteiger partial charge in [-0.2, -0.15) is 0 Å². The summed E-state index contributed by atoms with van der Waals surface area (Å²) in [5.74, 6) is 0.963. The second-order valence-electron chi connectivity index (χ2n) is 7.71. The van der Waals surface area contributed by atoms with Gasteiger partial charge in [-0.1, -0.05) is 35.5 Å². The van der Waals surface area contributed by atoms with Crippen molar-refractivity contribution >= 4 is 28.4 Å². The van der Waals surface area contributed by atoms with Crippen LogP contribution in [0.4, 0.5) is 5.69 Å². The average molecular weight is 476 g/mol. The first-order valence-electron chi connectivity index (χ1n) is 10.8. The average Bonchev–Trinajstić information content (AvgIpc) is 3.31. The van der Waals surface area contributed by atoms with E-state index in [9.17, 15) is 9.59 Å². The Morgan fingerprint density at radius 3 is 2.23 bits per heavy atom. The van der Waals surface area contributed by atoms with E-state index in [4.69, 9.17) is 18.7 Å². The summed E-state index contributed by atoms with van der Waals surface area (Å²) in [7, 11) is 4.47. The SMILES string of the molecule is COc1cc(NC(=O)[C@H](C)NC(=O)c2ccc3noc(-c4ccccc4)c3c2)cc(OC)c1OC. The van der Waals surface area contributed by atoms with Crippen LogP contribution in [0.3, 0.4) is 0 Å². The fourth-order valence-corrected chi connectivity index (χ4v) is 3.63. The van der Waals surface area contributed by atoms with Gasteiger partial charge in [-0.3, -0.25) is 9.59 Å². The summed E-state index contributed by atoms with van der Waals surface area (Å²) in [5, 5.41) is 10.3. The van der Waals surface area contributed by atoms with Crippen LogP contribution in [0.1, 0.15) is 17.3 Å². The maximum atomic E-state index is 12.9. The van der Waals surface area contributed by atoms with E-state index in [1.165, 1.54) is 21.3 Å². The van der Waals surface area contributed by atoms with Crippen molar-refractivity contribution in [3.8, 4) is 28.6 Å². The molecule has 0 aliphatic rings. The van der Waals surface area contributed by atoms with E-state index >= 15 is 0 Å². The lowest BCUT2D eigenvalue weighted by atomic mass is 10.1. The van der Waals surface area contributed by atoms with E-state index in [2.05, 4.69) is 15.8 Å². The lowest BCUT2D eigenvalue weighted by Crippen LogP contribution is -2.41. The summed E-state index contributed by atoms with van der Waals surface area (Å²) in [6.45, 7) is 1.60. The highest BCUT2D eigenvalue weighted by Gasteiger charge is 2.20. The summed E-state index contributed by atoms with van der Waals surface area (Å²) < 4.78 is 21.4. The van der Waals surface area contributed by atoms with Crippen molar-refractivity contribution < 1.29 is 28.3 Å². The molecule has 180 valence electrons. The molecule has 35 heavy (non-hydrogen) atoms. The number of benzene rings is 3. The molecule has 1 heterocycles. The quantitative estimate of drug-likeness (QED) is 0.391. The Kier molecular flexibility index (Phi) is 6.86. The number of hydrogen-bond donors (Lipinski definition) is 2. The first kappa shape index (κ1) is 23.6. The van der Waals surface area contributed by atoms with E-state index in [0.717, 1.165) is 5.56 Å². The Balaban J connectivity index is 1.50. The third kappa shape index (κ3) is 4.89. The molecule has 0 spiro atoms. The molecular formula is C26H25N3O6. The molecule has 1 aromatic heterocycles. The number of carbonyl (C=O) groups excluding carboxylic acids is 2. The number of anilines is 1. The number of amides is 2. The number of ether oxygens (including phenoxy) is 3. The third-order valence-corrected chi connectivity index (χ3v) is 5.45. The third-order valence-electron chi connectivity index (χ3n) is 5.45. The zero-order chi connectivity index (χ0) is 24.9. The maximum Gasteiger partial charge on any atom is 0.251 e. The van der Waals surface area contributed by atoms with Gasteiger partial charge in [-0.05, 0) is 25.1 Å². The van der Waals surface area contributed by atoms with Gasteiger partial charge >= 0.3 is 0 Å². The predicted octanol–water partition coefficient (Wildman–Crippen LogP) is 4.28. The zero-order valence-corrected chi connectivity index (χ0v) is 19.7. The van der Waals surface area contributed by atoms with Gasteiger partial charge in [-0.25, -0.2) is 0 Å². The number of nitrogens with zero attached hydrogens (tertiary/aromatic N) is 1. The molecule has 2 N–H and O–H groups in total. The minimum atomic E-state index is -0.826. The molecular weight excluding hydrogens is 450 g/mol. The Labute approximate surface area is 202 Å². The highest BCUT2D eigenvalue weighted by molar-refractivity contribution is 6.04. The van der Waals surface area contributed by atoms with E-state index in [1.54, 1.807) is 37.3 Å². The van der Waals surface area contributed by atoms with Crippen LogP contribution in [0.15, 0.2) is 65.2 Å². The fraction of sp³-hybridized carbons (Fsp3) is 0.192. The molecule has 4 rings (SSSR count). The van der Waals surface area contributed by atoms with Crippen LogP contribution in [0.25, 0.3) is 22.2 Å². The molecule has 0 saturated heterocycles. The number of hydrogen-bond acceptors (Lipinski definition) is 7. The lowest BCUT2D eigenvalue weighted by Gasteiger charge is -2.17. The smallest absolute Gasteiger partial charge is 0.251 e. The summed E-state index contributed by atoms with van der Waals surface area (Å²) in [4.78, 5) is 25.7. The lowest BCUT2D eigenvalue weighted by molar-refractivity contribution is -0.117. The van der Waals surface area contributed by atoms with Crippen molar-refractivity contribution in [3.05, 3.63) is 66.2 Å². The number of nitrogens with one attached hydrogen (secondary N) is 2. The molecule has 0 fully saturated rings. The molecule has 0 radical (unpaired) electrons. The number of fused-ring (bicyclic) bond motifs is 1. The van der Waals surface area contributed by atoms with Gasteiger partial charge in [0.1, 0.15) is 11.6 Å². The van der Waals surface area contributed by atoms with Crippen LogP contribution < -0.4 is 24.8 Å². The van der Waals surface area contributed by atoms with Crippen molar-refractivity contribution in [1.29, 1.82) is 0 Å². The molecule has 1 atom stereocenters. The van der Waals surface area contributed by atoms with Gasteiger partial charge in [0.05, 0.1) is 26.7 Å². The van der Waals surface area contributed by atoms with Crippen LogP contribution in [0.2, 0.25) is 0 Å². The van der Waals surface area contributed by atoms with Gasteiger partial charge in [0.25, 0.3) is 5.91 Å². The van der Waals surface area contributed by atoms with Crippen molar-refractivity contribution in [2.45, 2.75) is 13.0 Å². The standard InChI is InChI=1S/C26H25N3O6/c1-15(25(30)28-18-13-21(32-2)24(34-4)22(14-18)33-3)27-26(31)17-10-11-20-19(12-17)23(35-29-20)16-8-6-5-7-9-16/h5-15H,1-4H3,(H,27,31)(H,28,30)/t15-/m0/s1. The van der Waals surface area contributed by atoms with Crippen LogP contribution in [0, 0.1) is 0 Å². The van der Waals surface area contributed by atoms with Crippen molar-refractivity contribution in [2.24, 2.45) is 0 Å². The highest BCUT2D eigenvalue weighted by Crippen LogP contribution is 2.40. The molecule has 9 heteroatoms. The van der Waals surface area contributed by atoms with Crippen LogP contribution in [-0.2, 0) is 4.79 Å². The predicted molar refractivity (Wildman–Crippen MR) is 131 cm³/mol. The summed E-state index contributed by atoms with van der Waals surface area (Å²) >= 11 is 0. The van der Waals surface area contributed by atoms with Gasteiger partial charge in [0.2, 0.25) is 11.7 Å². The molecule has 0 bridgehead atoms. The highest BCUT2D eigenvalue weighted by atomic mass is 16.5. The Morgan fingerprint density at radius 1 is 0.914 bits per heavy atom. The minimum Gasteiger partial charge on any atom is -0.493 e. The number of rotatable bonds is 8. The molecule has 9 nitrogen and oxygen atoms in total. The topological polar surface area (TPSA) is 112 Å². The molecule has 2 amide bonds. The first-order valence-corrected chi connectivity index (χ1v) is 10.8. The minimum absolute atomic E-state index is 0.380. The molecule has 3 aromatic carbocycles. The van der Waals surface area contributed by atoms with Crippen LogP contribution in [0.5, 0.6) is 17.2 Å². The van der Waals surface area contributed by atoms with Gasteiger partial charge in [0.15, 0.2) is 17.3 Å². The number of aromatic nitrogens is 1. The normalized spacial score (nSPS) is 11.5. The molecule has 0 saturated carbocycles. The molecule has 0 aliphatic carbocycles. The van der Waals surface area contributed by atoms with E-state index < -0.39 is 17.9 Å². The number of methoxy groups -OCH3 is 3. The largest absolute Gasteiger partial charge is 0.493 e. The molecule has 4 aromatic rings. The molecule has 0 unspecified atom stereocenters. The second kappa shape index (κ2) is 10.2. The maximum absolute atomic E-state index is 12.9. The summed E-state index contributed by atoms with van der Waals surface area (Å²) in [5.41, 5.74) is 2.30. The summed E-state index contributed by atoms with van der Waals surface area (Å²) in [6.07, 6.45) is 0. The number of carbonyl (C=O) groups is 2.